The van der Waals surface area contributed by atoms with Gasteiger partial charge in [0, 0.05) is 22.4 Å². The van der Waals surface area contributed by atoms with Gasteiger partial charge in [-0.15, -0.1) is 0 Å². The van der Waals surface area contributed by atoms with E-state index < -0.39 is 7.92 Å². The zero-order valence-electron chi connectivity index (χ0n) is 12.1. The number of hydrogen-bond acceptors (Lipinski definition) is 0. The van der Waals surface area contributed by atoms with Gasteiger partial charge < -0.3 is 0 Å². The van der Waals surface area contributed by atoms with Gasteiger partial charge in [-0.25, -0.2) is 0 Å². The van der Waals surface area contributed by atoms with E-state index >= 15 is 0 Å². The molecule has 3 aromatic rings. The topological polar surface area (TPSA) is 0 Å². The van der Waals surface area contributed by atoms with Gasteiger partial charge in [-0.2, -0.15) is 0 Å². The number of halogens is 3. The molecule has 0 aromatic heterocycles. The molecule has 0 saturated carbocycles. The van der Waals surface area contributed by atoms with Gasteiger partial charge in [-0.1, -0.05) is 91.0 Å². The Labute approximate surface area is 151 Å². The molecule has 1 radical (unpaired) electrons. The van der Waals surface area contributed by atoms with Gasteiger partial charge in [-0.3, -0.25) is 14.1 Å². The monoisotopic (exact) mass is 519 g/mol. The first kappa shape index (κ1) is 23.9. The Morgan fingerprint density at radius 3 is 0.826 bits per heavy atom. The maximum absolute atomic E-state index is 2.23. The molecule has 0 amide bonds. The van der Waals surface area contributed by atoms with Gasteiger partial charge in [0.15, 0.2) is 0 Å². The molecule has 0 bridgehead atoms. The van der Waals surface area contributed by atoms with Crippen LogP contribution in [0.15, 0.2) is 91.0 Å². The molecule has 0 nitrogen and oxygen atoms in total. The van der Waals surface area contributed by atoms with E-state index in [1.54, 1.807) is 0 Å². The number of hydrogen-bond donors (Lipinski definition) is 0. The van der Waals surface area contributed by atoms with Crippen molar-refractivity contribution >= 4 is 23.8 Å². The minimum absolute atomic E-state index is 0. The van der Waals surface area contributed by atoms with Crippen molar-refractivity contribution in [2.45, 2.75) is 0 Å². The van der Waals surface area contributed by atoms with Crippen LogP contribution in [0.5, 0.6) is 0 Å². The standard InChI is InChI=1S/C18H15P.Au.3FH/c1-4-10-16(11-5-1)19(17-12-6-2-7-13-17)18-14-8-3-9-15-18;;;;/h1-15H;;3*1H. The Morgan fingerprint density at radius 1 is 0.391 bits per heavy atom. The molecule has 3 rings (SSSR count). The molecule has 0 saturated heterocycles. The van der Waals surface area contributed by atoms with E-state index in [1.807, 2.05) is 0 Å². The largest absolute Gasteiger partial charge is 0.269 e. The van der Waals surface area contributed by atoms with Crippen LogP contribution in [0.4, 0.5) is 14.1 Å². The third-order valence-electron chi connectivity index (χ3n) is 3.04. The summed E-state index contributed by atoms with van der Waals surface area (Å²) in [6, 6.07) is 32.3. The van der Waals surface area contributed by atoms with Crippen LogP contribution in [0.3, 0.4) is 0 Å². The van der Waals surface area contributed by atoms with Gasteiger partial charge in [0.1, 0.15) is 0 Å². The summed E-state index contributed by atoms with van der Waals surface area (Å²) in [5.41, 5.74) is 0. The Bertz CT molecular complexity index is 542. The summed E-state index contributed by atoms with van der Waals surface area (Å²) in [5, 5.41) is 4.19. The first-order valence-electron chi connectivity index (χ1n) is 6.40. The summed E-state index contributed by atoms with van der Waals surface area (Å²) < 4.78 is 0. The van der Waals surface area contributed by atoms with Crippen LogP contribution in [-0.2, 0) is 22.4 Å². The molecule has 0 aliphatic carbocycles. The Morgan fingerprint density at radius 2 is 0.609 bits per heavy atom. The van der Waals surface area contributed by atoms with Gasteiger partial charge in [0.25, 0.3) is 0 Å². The van der Waals surface area contributed by atoms with Crippen molar-refractivity contribution in [3.8, 4) is 0 Å². The molecule has 0 heterocycles. The molecule has 0 unspecified atom stereocenters. The van der Waals surface area contributed by atoms with Gasteiger partial charge in [0.05, 0.1) is 0 Å². The van der Waals surface area contributed by atoms with Gasteiger partial charge >= 0.3 is 0 Å². The normalized spacial score (nSPS) is 8.74. The minimum Gasteiger partial charge on any atom is -0.269 e. The first-order valence-corrected chi connectivity index (χ1v) is 7.74. The summed E-state index contributed by atoms with van der Waals surface area (Å²) >= 11 is 0. The number of rotatable bonds is 3. The van der Waals surface area contributed by atoms with Crippen molar-refractivity contribution in [3.63, 3.8) is 0 Å². The van der Waals surface area contributed by atoms with Crippen molar-refractivity contribution in [1.29, 1.82) is 0 Å². The van der Waals surface area contributed by atoms with E-state index in [9.17, 15) is 0 Å². The summed E-state index contributed by atoms with van der Waals surface area (Å²) in [7, 11) is -0.446. The van der Waals surface area contributed by atoms with E-state index in [1.165, 1.54) is 15.9 Å². The minimum atomic E-state index is -0.446. The second-order valence-corrected chi connectivity index (χ2v) is 6.56. The second-order valence-electron chi connectivity index (χ2n) is 4.34. The molecule has 23 heavy (non-hydrogen) atoms. The smallest absolute Gasteiger partial charge is 0 e. The molecular formula is C18H18AuF3P. The fourth-order valence-electron chi connectivity index (χ4n) is 2.18. The quantitative estimate of drug-likeness (QED) is 0.364. The fourth-order valence-corrected chi connectivity index (χ4v) is 4.48. The average Bonchev–Trinajstić information content (AvgIpc) is 2.51. The number of benzene rings is 3. The van der Waals surface area contributed by atoms with Crippen LogP contribution in [-0.4, -0.2) is 0 Å². The zero-order valence-corrected chi connectivity index (χ0v) is 15.2. The summed E-state index contributed by atoms with van der Waals surface area (Å²) in [6.07, 6.45) is 0. The SMILES string of the molecule is F.F.F.[Au].c1ccc(P(c2ccccc2)c2ccccc2)cc1. The molecule has 0 aliphatic heterocycles. The van der Waals surface area contributed by atoms with E-state index in [0.29, 0.717) is 0 Å². The summed E-state index contributed by atoms with van der Waals surface area (Å²) in [6.45, 7) is 0. The third kappa shape index (κ3) is 5.96. The van der Waals surface area contributed by atoms with Crippen LogP contribution in [0, 0.1) is 0 Å². The molecule has 0 atom stereocenters. The van der Waals surface area contributed by atoms with Gasteiger partial charge in [-0.05, 0) is 23.8 Å². The second kappa shape index (κ2) is 12.1. The maximum atomic E-state index is 2.23. The van der Waals surface area contributed by atoms with E-state index in [0.717, 1.165) is 0 Å². The molecule has 5 heteroatoms. The van der Waals surface area contributed by atoms with E-state index in [4.69, 9.17) is 0 Å². The summed E-state index contributed by atoms with van der Waals surface area (Å²) in [4.78, 5) is 0. The zero-order chi connectivity index (χ0) is 12.9. The first-order chi connectivity index (χ1) is 9.45. The van der Waals surface area contributed by atoms with Crippen LogP contribution in [0.25, 0.3) is 0 Å². The van der Waals surface area contributed by atoms with Crippen LogP contribution >= 0.6 is 7.92 Å². The maximum Gasteiger partial charge on any atom is 0 e. The van der Waals surface area contributed by atoms with Crippen LogP contribution < -0.4 is 15.9 Å². The van der Waals surface area contributed by atoms with E-state index in [2.05, 4.69) is 91.0 Å². The predicted molar refractivity (Wildman–Crippen MR) is 92.7 cm³/mol. The predicted octanol–water partition coefficient (Wildman–Crippen LogP) is 3.90. The average molecular weight is 519 g/mol. The fraction of sp³-hybridized carbons (Fsp3) is 0. The Balaban J connectivity index is 0. The molecule has 3 aromatic carbocycles. The van der Waals surface area contributed by atoms with Crippen LogP contribution in [0.2, 0.25) is 0 Å². The summed E-state index contributed by atoms with van der Waals surface area (Å²) in [5.74, 6) is 0. The molecule has 127 valence electrons. The molecule has 0 aliphatic rings. The molecule has 0 spiro atoms. The van der Waals surface area contributed by atoms with Crippen molar-refractivity contribution < 1.29 is 36.5 Å². The molecular weight excluding hydrogens is 501 g/mol. The Kier molecular flexibility index (Phi) is 12.6. The van der Waals surface area contributed by atoms with Crippen molar-refractivity contribution in [2.75, 3.05) is 0 Å². The molecule has 0 N–H and O–H groups in total. The van der Waals surface area contributed by atoms with Crippen molar-refractivity contribution in [1.82, 2.24) is 0 Å². The van der Waals surface area contributed by atoms with Crippen molar-refractivity contribution in [3.05, 3.63) is 91.0 Å². The van der Waals surface area contributed by atoms with E-state index in [-0.39, 0.29) is 36.5 Å². The van der Waals surface area contributed by atoms with Crippen molar-refractivity contribution in [2.24, 2.45) is 0 Å². The third-order valence-corrected chi connectivity index (χ3v) is 5.49. The van der Waals surface area contributed by atoms with Crippen LogP contribution in [0.1, 0.15) is 0 Å². The Hall–Kier alpha value is -1.38. The molecule has 0 fully saturated rings. The van der Waals surface area contributed by atoms with Gasteiger partial charge in [0.2, 0.25) is 0 Å².